The summed E-state index contributed by atoms with van der Waals surface area (Å²) in [5.74, 6) is -2.44. The molecular weight excluding hydrogens is 228 g/mol. The molecule has 0 aliphatic rings. The lowest BCUT2D eigenvalue weighted by Crippen LogP contribution is -2.00. The summed E-state index contributed by atoms with van der Waals surface area (Å²) in [6, 6.07) is 6.00. The van der Waals surface area contributed by atoms with Crippen molar-refractivity contribution in [1.29, 1.82) is 0 Å². The van der Waals surface area contributed by atoms with Gasteiger partial charge in [-0.15, -0.1) is 0 Å². The second-order valence-corrected chi connectivity index (χ2v) is 3.37. The van der Waals surface area contributed by atoms with Crippen LogP contribution in [0.4, 0.5) is 8.78 Å². The topological polar surface area (TPSA) is 50.2 Å². The Bertz CT molecular complexity index is 567. The number of benzene rings is 1. The van der Waals surface area contributed by atoms with E-state index in [2.05, 4.69) is 4.98 Å². The normalized spacial score (nSPS) is 10.2. The van der Waals surface area contributed by atoms with Gasteiger partial charge in [0, 0.05) is 11.8 Å². The molecule has 5 heteroatoms. The predicted octanol–water partition coefficient (Wildman–Crippen LogP) is 2.73. The molecule has 1 aromatic heterocycles. The van der Waals surface area contributed by atoms with E-state index in [1.807, 2.05) is 0 Å². The minimum Gasteiger partial charge on any atom is -0.478 e. The third-order valence-corrected chi connectivity index (χ3v) is 2.21. The highest BCUT2D eigenvalue weighted by atomic mass is 19.1. The highest BCUT2D eigenvalue weighted by Crippen LogP contribution is 2.21. The summed E-state index contributed by atoms with van der Waals surface area (Å²) in [4.78, 5) is 14.3. The molecule has 0 saturated carbocycles. The standard InChI is InChI=1S/C12H7F2NO2/c13-9-3-1-7(2-4-9)11-10(14)5-8(6-15-11)12(16)17/h1-6H,(H,16,17). The zero-order valence-corrected chi connectivity index (χ0v) is 8.52. The fraction of sp³-hybridized carbons (Fsp3) is 0. The first-order chi connectivity index (χ1) is 8.08. The lowest BCUT2D eigenvalue weighted by Gasteiger charge is -2.03. The monoisotopic (exact) mass is 235 g/mol. The van der Waals surface area contributed by atoms with E-state index in [1.54, 1.807) is 0 Å². The smallest absolute Gasteiger partial charge is 0.337 e. The van der Waals surface area contributed by atoms with Crippen LogP contribution in [0.3, 0.4) is 0 Å². The van der Waals surface area contributed by atoms with Gasteiger partial charge in [-0.05, 0) is 30.3 Å². The number of aromatic nitrogens is 1. The van der Waals surface area contributed by atoms with Crippen LogP contribution in [-0.2, 0) is 0 Å². The third-order valence-electron chi connectivity index (χ3n) is 2.21. The Morgan fingerprint density at radius 3 is 2.35 bits per heavy atom. The first kappa shape index (κ1) is 11.2. The van der Waals surface area contributed by atoms with Crippen LogP contribution in [0.2, 0.25) is 0 Å². The Labute approximate surface area is 95.4 Å². The molecule has 0 atom stereocenters. The van der Waals surface area contributed by atoms with Gasteiger partial charge in [0.1, 0.15) is 17.3 Å². The average molecular weight is 235 g/mol. The molecule has 0 radical (unpaired) electrons. The first-order valence-corrected chi connectivity index (χ1v) is 4.72. The van der Waals surface area contributed by atoms with E-state index in [9.17, 15) is 13.6 Å². The molecule has 1 heterocycles. The van der Waals surface area contributed by atoms with E-state index in [0.717, 1.165) is 12.3 Å². The highest BCUT2D eigenvalue weighted by Gasteiger charge is 2.11. The van der Waals surface area contributed by atoms with Gasteiger partial charge < -0.3 is 5.11 Å². The Hall–Kier alpha value is -2.30. The van der Waals surface area contributed by atoms with Crippen molar-refractivity contribution in [3.05, 3.63) is 53.7 Å². The summed E-state index contributed by atoms with van der Waals surface area (Å²) in [7, 11) is 0. The molecule has 2 rings (SSSR count). The summed E-state index contributed by atoms with van der Waals surface area (Å²) < 4.78 is 26.3. The molecule has 0 aliphatic carbocycles. The number of carboxylic acids is 1. The maximum atomic E-state index is 13.6. The first-order valence-electron chi connectivity index (χ1n) is 4.72. The lowest BCUT2D eigenvalue weighted by molar-refractivity contribution is 0.0696. The van der Waals surface area contributed by atoms with Gasteiger partial charge in [-0.25, -0.2) is 13.6 Å². The van der Waals surface area contributed by atoms with E-state index in [-0.39, 0.29) is 11.3 Å². The van der Waals surface area contributed by atoms with Crippen LogP contribution < -0.4 is 0 Å². The van der Waals surface area contributed by atoms with Gasteiger partial charge in [0.15, 0.2) is 0 Å². The van der Waals surface area contributed by atoms with Crippen molar-refractivity contribution in [2.75, 3.05) is 0 Å². The molecule has 0 spiro atoms. The van der Waals surface area contributed by atoms with Crippen LogP contribution in [0.25, 0.3) is 11.3 Å². The average Bonchev–Trinajstić information content (AvgIpc) is 2.30. The summed E-state index contributed by atoms with van der Waals surface area (Å²) in [6.07, 6.45) is 1.06. The van der Waals surface area contributed by atoms with Gasteiger partial charge in [0.25, 0.3) is 0 Å². The molecule has 0 amide bonds. The Morgan fingerprint density at radius 1 is 1.18 bits per heavy atom. The van der Waals surface area contributed by atoms with E-state index in [0.29, 0.717) is 5.56 Å². The number of nitrogens with zero attached hydrogens (tertiary/aromatic N) is 1. The van der Waals surface area contributed by atoms with Crippen molar-refractivity contribution < 1.29 is 18.7 Å². The molecule has 1 N–H and O–H groups in total. The number of hydrogen-bond donors (Lipinski definition) is 1. The predicted molar refractivity (Wildman–Crippen MR) is 56.5 cm³/mol. The summed E-state index contributed by atoms with van der Waals surface area (Å²) in [5.41, 5.74) is 0.157. The third kappa shape index (κ3) is 2.28. The number of halogens is 2. The maximum Gasteiger partial charge on any atom is 0.337 e. The molecule has 2 aromatic rings. The van der Waals surface area contributed by atoms with E-state index < -0.39 is 17.6 Å². The molecule has 86 valence electrons. The number of rotatable bonds is 2. The van der Waals surface area contributed by atoms with E-state index in [1.165, 1.54) is 24.3 Å². The molecule has 0 fully saturated rings. The molecule has 0 saturated heterocycles. The number of hydrogen-bond acceptors (Lipinski definition) is 2. The number of carboxylic acid groups (broad SMARTS) is 1. The molecular formula is C12H7F2NO2. The Kier molecular flexibility index (Phi) is 2.82. The molecule has 0 aliphatic heterocycles. The van der Waals surface area contributed by atoms with E-state index in [4.69, 9.17) is 5.11 Å². The fourth-order valence-corrected chi connectivity index (χ4v) is 1.38. The van der Waals surface area contributed by atoms with Gasteiger partial charge in [-0.2, -0.15) is 0 Å². The van der Waals surface area contributed by atoms with Gasteiger partial charge in [-0.3, -0.25) is 4.98 Å². The summed E-state index contributed by atoms with van der Waals surface area (Å²) >= 11 is 0. The van der Waals surface area contributed by atoms with Crippen molar-refractivity contribution >= 4 is 5.97 Å². The van der Waals surface area contributed by atoms with Crippen LogP contribution in [-0.4, -0.2) is 16.1 Å². The van der Waals surface area contributed by atoms with Gasteiger partial charge in [0.2, 0.25) is 0 Å². The fourth-order valence-electron chi connectivity index (χ4n) is 1.38. The summed E-state index contributed by atoms with van der Waals surface area (Å²) in [5, 5.41) is 8.65. The van der Waals surface area contributed by atoms with Crippen molar-refractivity contribution in [1.82, 2.24) is 4.98 Å². The van der Waals surface area contributed by atoms with E-state index >= 15 is 0 Å². The quantitative estimate of drug-likeness (QED) is 0.870. The van der Waals surface area contributed by atoms with Crippen LogP contribution in [0.1, 0.15) is 10.4 Å². The largest absolute Gasteiger partial charge is 0.478 e. The zero-order valence-electron chi connectivity index (χ0n) is 8.52. The van der Waals surface area contributed by atoms with Gasteiger partial charge >= 0.3 is 5.97 Å². The molecule has 17 heavy (non-hydrogen) atoms. The zero-order chi connectivity index (χ0) is 12.4. The SMILES string of the molecule is O=C(O)c1cnc(-c2ccc(F)cc2)c(F)c1. The Morgan fingerprint density at radius 2 is 1.82 bits per heavy atom. The maximum absolute atomic E-state index is 13.6. The second-order valence-electron chi connectivity index (χ2n) is 3.37. The highest BCUT2D eigenvalue weighted by molar-refractivity contribution is 5.87. The van der Waals surface area contributed by atoms with Crippen LogP contribution in [0.5, 0.6) is 0 Å². The second kappa shape index (κ2) is 4.29. The van der Waals surface area contributed by atoms with Crippen molar-refractivity contribution in [3.8, 4) is 11.3 Å². The summed E-state index contributed by atoms with van der Waals surface area (Å²) in [6.45, 7) is 0. The van der Waals surface area contributed by atoms with Gasteiger partial charge in [-0.1, -0.05) is 0 Å². The van der Waals surface area contributed by atoms with Crippen LogP contribution >= 0.6 is 0 Å². The van der Waals surface area contributed by atoms with Crippen LogP contribution in [0.15, 0.2) is 36.5 Å². The molecule has 1 aromatic carbocycles. The minimum atomic E-state index is -1.25. The number of pyridine rings is 1. The van der Waals surface area contributed by atoms with Crippen molar-refractivity contribution in [3.63, 3.8) is 0 Å². The van der Waals surface area contributed by atoms with Crippen molar-refractivity contribution in [2.45, 2.75) is 0 Å². The lowest BCUT2D eigenvalue weighted by atomic mass is 10.1. The minimum absolute atomic E-state index is 0.00463. The van der Waals surface area contributed by atoms with Crippen LogP contribution in [0, 0.1) is 11.6 Å². The number of carbonyl (C=O) groups is 1. The molecule has 3 nitrogen and oxygen atoms in total. The Balaban J connectivity index is 2.46. The number of aromatic carboxylic acids is 1. The van der Waals surface area contributed by atoms with Crippen molar-refractivity contribution in [2.24, 2.45) is 0 Å². The molecule has 0 unspecified atom stereocenters. The van der Waals surface area contributed by atoms with Gasteiger partial charge in [0.05, 0.1) is 5.56 Å². The molecule has 0 bridgehead atoms.